The molecule has 4 heteroatoms. The third kappa shape index (κ3) is 4.94. The number of likely N-dealkylation sites (tertiary alicyclic amines) is 1. The molecule has 0 aromatic rings. The van der Waals surface area contributed by atoms with Crippen molar-refractivity contribution in [2.45, 2.75) is 71.6 Å². The van der Waals surface area contributed by atoms with E-state index in [1.807, 2.05) is 27.7 Å². The number of hydrogen-bond donors (Lipinski definition) is 2. The van der Waals surface area contributed by atoms with Gasteiger partial charge in [-0.15, -0.1) is 0 Å². The first kappa shape index (κ1) is 15.4. The van der Waals surface area contributed by atoms with E-state index in [1.165, 1.54) is 0 Å². The number of rotatable bonds is 4. The van der Waals surface area contributed by atoms with Crippen molar-refractivity contribution in [3.05, 3.63) is 0 Å². The molecule has 4 nitrogen and oxygen atoms in total. The van der Waals surface area contributed by atoms with Crippen LogP contribution in [0.1, 0.15) is 48.0 Å². The van der Waals surface area contributed by atoms with E-state index in [2.05, 4.69) is 29.4 Å². The van der Waals surface area contributed by atoms with Crippen molar-refractivity contribution < 1.29 is 4.79 Å². The van der Waals surface area contributed by atoms with Crippen molar-refractivity contribution in [3.8, 4) is 0 Å². The summed E-state index contributed by atoms with van der Waals surface area (Å²) in [5, 5.41) is 6.44. The van der Waals surface area contributed by atoms with Crippen LogP contribution in [0.5, 0.6) is 0 Å². The van der Waals surface area contributed by atoms with E-state index in [0.29, 0.717) is 12.1 Å². The summed E-state index contributed by atoms with van der Waals surface area (Å²) in [6.45, 7) is 14.6. The SMILES string of the molecule is CC(NC1CCN(C(C)C)C1)C(=O)NC(C)(C)C. The van der Waals surface area contributed by atoms with E-state index in [-0.39, 0.29) is 17.5 Å². The predicted molar refractivity (Wildman–Crippen MR) is 75.6 cm³/mol. The zero-order chi connectivity index (χ0) is 13.9. The van der Waals surface area contributed by atoms with E-state index >= 15 is 0 Å². The topological polar surface area (TPSA) is 44.4 Å². The van der Waals surface area contributed by atoms with E-state index in [0.717, 1.165) is 19.5 Å². The van der Waals surface area contributed by atoms with E-state index in [4.69, 9.17) is 0 Å². The first-order valence-electron chi connectivity index (χ1n) is 7.01. The molecule has 2 N–H and O–H groups in total. The smallest absolute Gasteiger partial charge is 0.237 e. The molecule has 0 aliphatic carbocycles. The van der Waals surface area contributed by atoms with Crippen LogP contribution in [0.2, 0.25) is 0 Å². The molecule has 1 aliphatic rings. The van der Waals surface area contributed by atoms with Gasteiger partial charge in [0, 0.05) is 24.2 Å². The largest absolute Gasteiger partial charge is 0.350 e. The molecule has 1 heterocycles. The van der Waals surface area contributed by atoms with Gasteiger partial charge >= 0.3 is 0 Å². The molecule has 1 fully saturated rings. The Hall–Kier alpha value is -0.610. The van der Waals surface area contributed by atoms with Gasteiger partial charge in [-0.25, -0.2) is 0 Å². The number of nitrogens with zero attached hydrogens (tertiary/aromatic N) is 1. The Balaban J connectivity index is 2.37. The summed E-state index contributed by atoms with van der Waals surface area (Å²) >= 11 is 0. The summed E-state index contributed by atoms with van der Waals surface area (Å²) in [5.41, 5.74) is -0.160. The molecule has 0 aromatic heterocycles. The molecule has 18 heavy (non-hydrogen) atoms. The first-order valence-corrected chi connectivity index (χ1v) is 7.01. The van der Waals surface area contributed by atoms with Gasteiger partial charge in [-0.3, -0.25) is 9.69 Å². The highest BCUT2D eigenvalue weighted by atomic mass is 16.2. The molecule has 2 unspecified atom stereocenters. The van der Waals surface area contributed by atoms with Crippen molar-refractivity contribution in [2.75, 3.05) is 13.1 Å². The summed E-state index contributed by atoms with van der Waals surface area (Å²) in [6, 6.07) is 0.907. The van der Waals surface area contributed by atoms with Crippen LogP contribution in [-0.4, -0.2) is 47.6 Å². The summed E-state index contributed by atoms with van der Waals surface area (Å²) in [6.07, 6.45) is 1.13. The predicted octanol–water partition coefficient (Wildman–Crippen LogP) is 1.36. The second-order valence-electron chi connectivity index (χ2n) is 6.70. The molecule has 0 aromatic carbocycles. The fourth-order valence-corrected chi connectivity index (χ4v) is 2.30. The average molecular weight is 255 g/mol. The van der Waals surface area contributed by atoms with E-state index in [1.54, 1.807) is 0 Å². The maximum atomic E-state index is 12.0. The van der Waals surface area contributed by atoms with Gasteiger partial charge in [0.25, 0.3) is 0 Å². The monoisotopic (exact) mass is 255 g/mol. The Morgan fingerprint density at radius 1 is 1.28 bits per heavy atom. The molecular weight excluding hydrogens is 226 g/mol. The van der Waals surface area contributed by atoms with Gasteiger partial charge in [-0.2, -0.15) is 0 Å². The van der Waals surface area contributed by atoms with Gasteiger partial charge in [0.05, 0.1) is 6.04 Å². The third-order valence-electron chi connectivity index (χ3n) is 3.33. The molecule has 2 atom stereocenters. The highest BCUT2D eigenvalue weighted by molar-refractivity contribution is 5.81. The minimum absolute atomic E-state index is 0.0884. The van der Waals surface area contributed by atoms with Crippen molar-refractivity contribution in [1.29, 1.82) is 0 Å². The lowest BCUT2D eigenvalue weighted by molar-refractivity contribution is -0.124. The molecule has 106 valence electrons. The van der Waals surface area contributed by atoms with Crippen LogP contribution in [0.4, 0.5) is 0 Å². The van der Waals surface area contributed by atoms with Crippen molar-refractivity contribution in [2.24, 2.45) is 0 Å². The summed E-state index contributed by atoms with van der Waals surface area (Å²) in [4.78, 5) is 14.4. The molecule has 1 amide bonds. The second kappa shape index (κ2) is 6.02. The van der Waals surface area contributed by atoms with Gasteiger partial charge in [0.15, 0.2) is 0 Å². The Morgan fingerprint density at radius 2 is 1.89 bits per heavy atom. The highest BCUT2D eigenvalue weighted by Crippen LogP contribution is 2.13. The van der Waals surface area contributed by atoms with Crippen LogP contribution in [0.25, 0.3) is 0 Å². The van der Waals surface area contributed by atoms with Crippen LogP contribution in [0.15, 0.2) is 0 Å². The van der Waals surface area contributed by atoms with Crippen molar-refractivity contribution in [1.82, 2.24) is 15.5 Å². The number of amides is 1. The summed E-state index contributed by atoms with van der Waals surface area (Å²) in [5.74, 6) is 0.0884. The van der Waals surface area contributed by atoms with Gasteiger partial charge in [0.1, 0.15) is 0 Å². The molecule has 1 saturated heterocycles. The Morgan fingerprint density at radius 3 is 2.33 bits per heavy atom. The van der Waals surface area contributed by atoms with Gasteiger partial charge in [-0.05, 0) is 54.5 Å². The van der Waals surface area contributed by atoms with Crippen LogP contribution in [0.3, 0.4) is 0 Å². The van der Waals surface area contributed by atoms with Gasteiger partial charge < -0.3 is 10.6 Å². The van der Waals surface area contributed by atoms with Crippen molar-refractivity contribution in [3.63, 3.8) is 0 Å². The Kier molecular flexibility index (Phi) is 5.17. The molecule has 0 bridgehead atoms. The standard InChI is InChI=1S/C14H29N3O/c1-10(2)17-8-7-12(9-17)15-11(3)13(18)16-14(4,5)6/h10-12,15H,7-9H2,1-6H3,(H,16,18). The quantitative estimate of drug-likeness (QED) is 0.797. The molecule has 1 aliphatic heterocycles. The second-order valence-corrected chi connectivity index (χ2v) is 6.70. The lowest BCUT2D eigenvalue weighted by atomic mass is 10.1. The molecular formula is C14H29N3O. The Labute approximate surface area is 111 Å². The fourth-order valence-electron chi connectivity index (χ4n) is 2.30. The fraction of sp³-hybridized carbons (Fsp3) is 0.929. The minimum Gasteiger partial charge on any atom is -0.350 e. The van der Waals surface area contributed by atoms with E-state index < -0.39 is 0 Å². The van der Waals surface area contributed by atoms with Crippen LogP contribution >= 0.6 is 0 Å². The summed E-state index contributed by atoms with van der Waals surface area (Å²) in [7, 11) is 0. The maximum Gasteiger partial charge on any atom is 0.237 e. The number of carbonyl (C=O) groups is 1. The lowest BCUT2D eigenvalue weighted by Crippen LogP contribution is -2.52. The minimum atomic E-state index is -0.160. The summed E-state index contributed by atoms with van der Waals surface area (Å²) < 4.78 is 0. The van der Waals surface area contributed by atoms with Crippen LogP contribution in [0, 0.1) is 0 Å². The first-order chi connectivity index (χ1) is 8.19. The molecule has 0 radical (unpaired) electrons. The van der Waals surface area contributed by atoms with Gasteiger partial charge in [0.2, 0.25) is 5.91 Å². The van der Waals surface area contributed by atoms with Crippen LogP contribution < -0.4 is 10.6 Å². The third-order valence-corrected chi connectivity index (χ3v) is 3.33. The lowest BCUT2D eigenvalue weighted by Gasteiger charge is -2.26. The van der Waals surface area contributed by atoms with E-state index in [9.17, 15) is 4.79 Å². The Bertz CT molecular complexity index is 283. The molecule has 0 saturated carbocycles. The highest BCUT2D eigenvalue weighted by Gasteiger charge is 2.27. The zero-order valence-corrected chi connectivity index (χ0v) is 12.7. The van der Waals surface area contributed by atoms with Gasteiger partial charge in [-0.1, -0.05) is 0 Å². The maximum absolute atomic E-state index is 12.0. The van der Waals surface area contributed by atoms with Crippen LogP contribution in [-0.2, 0) is 4.79 Å². The normalized spacial score (nSPS) is 23.4. The number of hydrogen-bond acceptors (Lipinski definition) is 3. The average Bonchev–Trinajstić information content (AvgIpc) is 2.63. The zero-order valence-electron chi connectivity index (χ0n) is 12.7. The van der Waals surface area contributed by atoms with Crippen molar-refractivity contribution >= 4 is 5.91 Å². The number of carbonyl (C=O) groups excluding carboxylic acids is 1. The number of nitrogens with one attached hydrogen (secondary N) is 2. The molecule has 1 rings (SSSR count). The molecule has 0 spiro atoms.